The Morgan fingerprint density at radius 2 is 1.83 bits per heavy atom. The van der Waals surface area contributed by atoms with Gasteiger partial charge in [0.15, 0.2) is 0 Å². The largest absolute Gasteiger partial charge is 1.00 e. The molecule has 1 atom stereocenters. The summed E-state index contributed by atoms with van der Waals surface area (Å²) in [5.41, 5.74) is 0.701. The van der Waals surface area contributed by atoms with Gasteiger partial charge in [-0.15, -0.1) is 0 Å². The van der Waals surface area contributed by atoms with Gasteiger partial charge in [-0.3, -0.25) is 0 Å². The van der Waals surface area contributed by atoms with E-state index < -0.39 is 10.8 Å². The minimum absolute atomic E-state index is 0. The van der Waals surface area contributed by atoms with E-state index in [2.05, 4.69) is 15.9 Å². The van der Waals surface area contributed by atoms with Gasteiger partial charge in [-0.25, -0.2) is 0 Å². The summed E-state index contributed by atoms with van der Waals surface area (Å²) in [6.07, 6.45) is 0. The number of rotatable bonds is 2. The molecule has 0 heterocycles. The second kappa shape index (κ2) is 5.75. The monoisotopic (exact) mass is 236 g/mol. The zero-order valence-corrected chi connectivity index (χ0v) is 10.2. The molecule has 12 heavy (non-hydrogen) atoms. The first kappa shape index (κ1) is 12.2. The van der Waals surface area contributed by atoms with Crippen LogP contribution in [0.3, 0.4) is 0 Å². The molecule has 0 radical (unpaired) electrons. The molecule has 0 spiro atoms. The maximum atomic E-state index is 10.3. The smallest absolute Gasteiger partial charge is 0.549 e. The fourth-order valence-corrected chi connectivity index (χ4v) is 1.06. The van der Waals surface area contributed by atoms with E-state index in [1.54, 1.807) is 24.3 Å². The molecule has 0 saturated carbocycles. The van der Waals surface area contributed by atoms with Crippen LogP contribution in [0.5, 0.6) is 0 Å². The predicted molar refractivity (Wildman–Crippen MR) is 43.1 cm³/mol. The number of hydrogen-bond donors (Lipinski definition) is 0. The molecule has 0 aromatic heterocycles. The van der Waals surface area contributed by atoms with Gasteiger partial charge in [0, 0.05) is 0 Å². The van der Waals surface area contributed by atoms with E-state index in [1.807, 2.05) is 6.07 Å². The van der Waals surface area contributed by atoms with Gasteiger partial charge in [-0.2, -0.15) is 0 Å². The maximum Gasteiger partial charge on any atom is 1.00 e. The van der Waals surface area contributed by atoms with Gasteiger partial charge in [0.25, 0.3) is 0 Å². The molecule has 58 valence electrons. The molecule has 0 aliphatic heterocycles. The Bertz CT molecular complexity index is 250. The van der Waals surface area contributed by atoms with Crippen molar-refractivity contribution in [2.45, 2.75) is 4.83 Å². The van der Waals surface area contributed by atoms with Crippen molar-refractivity contribution in [1.29, 1.82) is 0 Å². The molecule has 1 aromatic rings. The molecule has 0 N–H and O–H groups in total. The first-order valence-electron chi connectivity index (χ1n) is 3.11. The molecule has 4 heteroatoms. The van der Waals surface area contributed by atoms with Crippen LogP contribution in [-0.4, -0.2) is 5.97 Å². The van der Waals surface area contributed by atoms with Crippen LogP contribution < -0.4 is 34.7 Å². The van der Waals surface area contributed by atoms with Crippen molar-refractivity contribution in [3.63, 3.8) is 0 Å². The summed E-state index contributed by atoms with van der Waals surface area (Å²) in [5, 5.41) is 10.3. The fraction of sp³-hybridized carbons (Fsp3) is 0.125. The Balaban J connectivity index is 0.00000121. The summed E-state index contributed by atoms with van der Waals surface area (Å²) in [7, 11) is 0. The van der Waals surface area contributed by atoms with Crippen molar-refractivity contribution in [3.05, 3.63) is 35.9 Å². The zero-order valence-electron chi connectivity index (χ0n) is 6.66. The third-order valence-electron chi connectivity index (χ3n) is 1.30. The van der Waals surface area contributed by atoms with E-state index in [4.69, 9.17) is 0 Å². The van der Waals surface area contributed by atoms with Crippen molar-refractivity contribution < 1.29 is 39.5 Å². The van der Waals surface area contributed by atoms with Crippen LogP contribution in [0.4, 0.5) is 0 Å². The van der Waals surface area contributed by atoms with Crippen LogP contribution in [-0.2, 0) is 4.79 Å². The zero-order chi connectivity index (χ0) is 8.27. The standard InChI is InChI=1S/C8H7BrO2.Na/c9-7(8(10)11)6-4-2-1-3-5-6;/h1-5,7H,(H,10,11);/q;+1/p-1. The second-order valence-electron chi connectivity index (χ2n) is 2.09. The first-order chi connectivity index (χ1) is 5.22. The first-order valence-corrected chi connectivity index (χ1v) is 4.03. The third kappa shape index (κ3) is 3.27. The molecule has 2 nitrogen and oxygen atoms in total. The normalized spacial score (nSPS) is 11.4. The van der Waals surface area contributed by atoms with E-state index in [-0.39, 0.29) is 29.6 Å². The average Bonchev–Trinajstić information content (AvgIpc) is 2.05. The Labute approximate surface area is 101 Å². The topological polar surface area (TPSA) is 40.1 Å². The van der Waals surface area contributed by atoms with Crippen molar-refractivity contribution in [1.82, 2.24) is 0 Å². The van der Waals surface area contributed by atoms with Crippen LogP contribution in [0, 0.1) is 0 Å². The van der Waals surface area contributed by atoms with Gasteiger partial charge in [0.1, 0.15) is 0 Å². The number of alkyl halides is 1. The second-order valence-corrected chi connectivity index (χ2v) is 3.01. The number of carboxylic acid groups (broad SMARTS) is 1. The minimum atomic E-state index is -1.11. The van der Waals surface area contributed by atoms with E-state index in [9.17, 15) is 9.90 Å². The predicted octanol–water partition coefficient (Wildman–Crippen LogP) is -2.12. The van der Waals surface area contributed by atoms with Gasteiger partial charge in [-0.05, 0) is 5.56 Å². The third-order valence-corrected chi connectivity index (χ3v) is 2.20. The van der Waals surface area contributed by atoms with Crippen LogP contribution in [0.1, 0.15) is 10.4 Å². The van der Waals surface area contributed by atoms with Crippen LogP contribution in [0.25, 0.3) is 0 Å². The Kier molecular flexibility index (Phi) is 5.84. The Morgan fingerprint density at radius 3 is 2.25 bits per heavy atom. The number of carbonyl (C=O) groups is 1. The maximum absolute atomic E-state index is 10.3. The van der Waals surface area contributed by atoms with Crippen molar-refractivity contribution in [2.75, 3.05) is 0 Å². The molecular weight excluding hydrogens is 231 g/mol. The number of carbonyl (C=O) groups excluding carboxylic acids is 1. The quantitative estimate of drug-likeness (QED) is 0.435. The Hall–Kier alpha value is 0.170. The van der Waals surface area contributed by atoms with E-state index in [1.165, 1.54) is 0 Å². The molecule has 1 unspecified atom stereocenters. The van der Waals surface area contributed by atoms with Gasteiger partial charge in [0.2, 0.25) is 0 Å². The van der Waals surface area contributed by atoms with E-state index in [0.717, 1.165) is 0 Å². The molecule has 0 aliphatic carbocycles. The molecule has 0 saturated heterocycles. The van der Waals surface area contributed by atoms with Crippen molar-refractivity contribution in [3.8, 4) is 0 Å². The summed E-state index contributed by atoms with van der Waals surface area (Å²) in [4.78, 5) is 9.64. The summed E-state index contributed by atoms with van der Waals surface area (Å²) in [6, 6.07) is 8.86. The number of hydrogen-bond acceptors (Lipinski definition) is 2. The van der Waals surface area contributed by atoms with E-state index >= 15 is 0 Å². The number of aliphatic carboxylic acids is 1. The number of carboxylic acids is 1. The molecule has 1 aromatic carbocycles. The van der Waals surface area contributed by atoms with Crippen molar-refractivity contribution >= 4 is 21.9 Å². The average molecular weight is 237 g/mol. The van der Waals surface area contributed by atoms with Crippen LogP contribution >= 0.6 is 15.9 Å². The van der Waals surface area contributed by atoms with Crippen LogP contribution in [0.15, 0.2) is 30.3 Å². The minimum Gasteiger partial charge on any atom is -0.549 e. The molecule has 1 rings (SSSR count). The molecule has 0 fully saturated rings. The van der Waals surface area contributed by atoms with Gasteiger partial charge >= 0.3 is 29.6 Å². The number of halogens is 1. The summed E-state index contributed by atoms with van der Waals surface area (Å²) >= 11 is 2.99. The fourth-order valence-electron chi connectivity index (χ4n) is 0.758. The number of benzene rings is 1. The molecular formula is C8H6BrNaO2. The van der Waals surface area contributed by atoms with Crippen LogP contribution in [0.2, 0.25) is 0 Å². The van der Waals surface area contributed by atoms with E-state index in [0.29, 0.717) is 5.56 Å². The van der Waals surface area contributed by atoms with Crippen molar-refractivity contribution in [2.24, 2.45) is 0 Å². The summed E-state index contributed by atoms with van der Waals surface area (Å²) < 4.78 is 0. The molecule has 0 aliphatic rings. The summed E-state index contributed by atoms with van der Waals surface area (Å²) in [5.74, 6) is -1.11. The van der Waals surface area contributed by atoms with Gasteiger partial charge in [-0.1, -0.05) is 46.3 Å². The molecule has 0 bridgehead atoms. The summed E-state index contributed by atoms with van der Waals surface area (Å²) in [6.45, 7) is 0. The SMILES string of the molecule is O=C([O-])C(Br)c1ccccc1.[Na+]. The van der Waals surface area contributed by atoms with Gasteiger partial charge in [0.05, 0.1) is 10.8 Å². The molecule has 0 amide bonds. The Morgan fingerprint density at radius 1 is 1.33 bits per heavy atom. The van der Waals surface area contributed by atoms with Gasteiger partial charge < -0.3 is 9.90 Å².